The number of carbonyl (C=O) groups is 1. The van der Waals surface area contributed by atoms with Crippen molar-refractivity contribution in [2.45, 2.75) is 13.3 Å². The number of anilines is 2. The average molecular weight is 362 g/mol. The molecule has 0 bridgehead atoms. The normalized spacial score (nSPS) is 10.3. The molecule has 0 aliphatic carbocycles. The maximum absolute atomic E-state index is 12.8. The van der Waals surface area contributed by atoms with Crippen molar-refractivity contribution >= 4 is 17.4 Å². The molecule has 1 aromatic heterocycles. The van der Waals surface area contributed by atoms with Crippen LogP contribution in [0, 0.1) is 0 Å². The second-order valence-electron chi connectivity index (χ2n) is 5.91. The first-order valence-corrected chi connectivity index (χ1v) is 8.84. The quantitative estimate of drug-likeness (QED) is 0.658. The predicted molar refractivity (Wildman–Crippen MR) is 107 cm³/mol. The minimum absolute atomic E-state index is 0.286. The molecule has 0 spiro atoms. The molecule has 0 saturated carbocycles. The molecule has 138 valence electrons. The van der Waals surface area contributed by atoms with Gasteiger partial charge in [-0.15, -0.1) is 0 Å². The van der Waals surface area contributed by atoms with Crippen LogP contribution >= 0.6 is 0 Å². The number of nitrogens with one attached hydrogen (secondary N) is 2. The summed E-state index contributed by atoms with van der Waals surface area (Å²) in [5.41, 5.74) is 1.73. The molecule has 2 N–H and O–H groups in total. The van der Waals surface area contributed by atoms with E-state index in [-0.39, 0.29) is 11.6 Å². The molecule has 0 aliphatic rings. The summed E-state index contributed by atoms with van der Waals surface area (Å²) in [5, 5.41) is 6.09. The SMILES string of the molecule is CCCNc1cc(C(=O)Nc2ccccc2OC)nc(-c2ccccc2)n1. The largest absolute Gasteiger partial charge is 0.495 e. The van der Waals surface area contributed by atoms with Gasteiger partial charge in [-0.25, -0.2) is 9.97 Å². The van der Waals surface area contributed by atoms with E-state index in [1.165, 1.54) is 0 Å². The van der Waals surface area contributed by atoms with Crippen LogP contribution in [-0.2, 0) is 0 Å². The van der Waals surface area contributed by atoms with E-state index in [0.717, 1.165) is 18.5 Å². The average Bonchev–Trinajstić information content (AvgIpc) is 2.73. The Morgan fingerprint density at radius 3 is 2.52 bits per heavy atom. The number of hydrogen-bond acceptors (Lipinski definition) is 5. The van der Waals surface area contributed by atoms with Gasteiger partial charge in [-0.2, -0.15) is 0 Å². The lowest BCUT2D eigenvalue weighted by Crippen LogP contribution is -2.16. The summed E-state index contributed by atoms with van der Waals surface area (Å²) in [5.74, 6) is 1.39. The van der Waals surface area contributed by atoms with E-state index >= 15 is 0 Å². The van der Waals surface area contributed by atoms with E-state index in [1.54, 1.807) is 25.3 Å². The Hall–Kier alpha value is -3.41. The molecule has 0 atom stereocenters. The first-order valence-electron chi connectivity index (χ1n) is 8.84. The molecule has 2 aromatic carbocycles. The highest BCUT2D eigenvalue weighted by Crippen LogP contribution is 2.24. The van der Waals surface area contributed by atoms with Gasteiger partial charge in [0.05, 0.1) is 12.8 Å². The maximum Gasteiger partial charge on any atom is 0.274 e. The number of rotatable bonds is 7. The number of para-hydroxylation sites is 2. The molecular weight excluding hydrogens is 340 g/mol. The zero-order chi connectivity index (χ0) is 19.1. The molecule has 27 heavy (non-hydrogen) atoms. The first kappa shape index (κ1) is 18.4. The monoisotopic (exact) mass is 362 g/mol. The first-order chi connectivity index (χ1) is 13.2. The standard InChI is InChI=1S/C21H22N4O2/c1-3-13-22-19-14-17(23-20(25-19)15-9-5-4-6-10-15)21(26)24-16-11-7-8-12-18(16)27-2/h4-12,14H,3,13H2,1-2H3,(H,24,26)(H,22,23,25). The summed E-state index contributed by atoms with van der Waals surface area (Å²) < 4.78 is 5.29. The minimum Gasteiger partial charge on any atom is -0.495 e. The number of aromatic nitrogens is 2. The van der Waals surface area contributed by atoms with Crippen LogP contribution in [0.5, 0.6) is 5.75 Å². The van der Waals surface area contributed by atoms with Crippen molar-refractivity contribution in [1.82, 2.24) is 9.97 Å². The number of carbonyl (C=O) groups excluding carboxylic acids is 1. The van der Waals surface area contributed by atoms with E-state index in [2.05, 4.69) is 27.5 Å². The zero-order valence-electron chi connectivity index (χ0n) is 15.4. The fraction of sp³-hybridized carbons (Fsp3) is 0.190. The molecule has 1 amide bonds. The van der Waals surface area contributed by atoms with Gasteiger partial charge in [0.2, 0.25) is 0 Å². The number of amides is 1. The number of methoxy groups -OCH3 is 1. The van der Waals surface area contributed by atoms with Crippen molar-refractivity contribution in [3.63, 3.8) is 0 Å². The summed E-state index contributed by atoms with van der Waals surface area (Å²) in [7, 11) is 1.57. The molecule has 3 aromatic rings. The maximum atomic E-state index is 12.8. The molecule has 0 unspecified atom stereocenters. The van der Waals surface area contributed by atoms with Crippen LogP contribution < -0.4 is 15.4 Å². The van der Waals surface area contributed by atoms with Gasteiger partial charge >= 0.3 is 0 Å². The van der Waals surface area contributed by atoms with Gasteiger partial charge in [0, 0.05) is 18.2 Å². The van der Waals surface area contributed by atoms with Gasteiger partial charge in [-0.3, -0.25) is 4.79 Å². The van der Waals surface area contributed by atoms with Crippen molar-refractivity contribution in [3.8, 4) is 17.1 Å². The van der Waals surface area contributed by atoms with Crippen LogP contribution in [0.2, 0.25) is 0 Å². The molecule has 0 fully saturated rings. The van der Waals surface area contributed by atoms with Crippen LogP contribution in [0.1, 0.15) is 23.8 Å². The third kappa shape index (κ3) is 4.61. The Labute approximate surface area is 158 Å². The van der Waals surface area contributed by atoms with Gasteiger partial charge in [0.1, 0.15) is 17.3 Å². The Kier molecular flexibility index (Phi) is 5.99. The van der Waals surface area contributed by atoms with E-state index < -0.39 is 0 Å². The van der Waals surface area contributed by atoms with Gasteiger partial charge in [-0.1, -0.05) is 49.4 Å². The number of nitrogens with zero attached hydrogens (tertiary/aromatic N) is 2. The lowest BCUT2D eigenvalue weighted by atomic mass is 10.2. The molecule has 3 rings (SSSR count). The van der Waals surface area contributed by atoms with Crippen molar-refractivity contribution < 1.29 is 9.53 Å². The van der Waals surface area contributed by atoms with E-state index in [1.807, 2.05) is 42.5 Å². The third-order valence-corrected chi connectivity index (χ3v) is 3.90. The van der Waals surface area contributed by atoms with Gasteiger partial charge < -0.3 is 15.4 Å². The number of ether oxygens (including phenoxy) is 1. The van der Waals surface area contributed by atoms with E-state index in [9.17, 15) is 4.79 Å². The van der Waals surface area contributed by atoms with Gasteiger partial charge in [0.15, 0.2) is 5.82 Å². The fourth-order valence-electron chi connectivity index (χ4n) is 2.56. The molecule has 1 heterocycles. The fourth-order valence-corrected chi connectivity index (χ4v) is 2.56. The van der Waals surface area contributed by atoms with E-state index in [0.29, 0.717) is 23.1 Å². The van der Waals surface area contributed by atoms with Crippen molar-refractivity contribution in [2.24, 2.45) is 0 Å². The highest BCUT2D eigenvalue weighted by Gasteiger charge is 2.15. The van der Waals surface area contributed by atoms with Gasteiger partial charge in [-0.05, 0) is 18.6 Å². The summed E-state index contributed by atoms with van der Waals surface area (Å²) >= 11 is 0. The van der Waals surface area contributed by atoms with Crippen molar-refractivity contribution in [3.05, 3.63) is 66.4 Å². The second-order valence-corrected chi connectivity index (χ2v) is 5.91. The molecule has 0 aliphatic heterocycles. The van der Waals surface area contributed by atoms with Crippen molar-refractivity contribution in [2.75, 3.05) is 24.3 Å². The molecule has 0 radical (unpaired) electrons. The second kappa shape index (κ2) is 8.80. The van der Waals surface area contributed by atoms with Gasteiger partial charge in [0.25, 0.3) is 5.91 Å². The van der Waals surface area contributed by atoms with Crippen molar-refractivity contribution in [1.29, 1.82) is 0 Å². The van der Waals surface area contributed by atoms with Crippen LogP contribution in [0.15, 0.2) is 60.7 Å². The molecule has 0 saturated heterocycles. The van der Waals surface area contributed by atoms with Crippen LogP contribution in [0.3, 0.4) is 0 Å². The third-order valence-electron chi connectivity index (χ3n) is 3.90. The number of hydrogen-bond donors (Lipinski definition) is 2. The highest BCUT2D eigenvalue weighted by atomic mass is 16.5. The smallest absolute Gasteiger partial charge is 0.274 e. The zero-order valence-corrected chi connectivity index (χ0v) is 15.4. The molecule has 6 heteroatoms. The lowest BCUT2D eigenvalue weighted by Gasteiger charge is -2.12. The number of benzene rings is 2. The minimum atomic E-state index is -0.321. The molecular formula is C21H22N4O2. The van der Waals surface area contributed by atoms with E-state index in [4.69, 9.17) is 4.74 Å². The van der Waals surface area contributed by atoms with Crippen LogP contribution in [-0.4, -0.2) is 29.5 Å². The summed E-state index contributed by atoms with van der Waals surface area (Å²) in [6, 6.07) is 18.5. The Morgan fingerprint density at radius 1 is 1.04 bits per heavy atom. The topological polar surface area (TPSA) is 76.1 Å². The van der Waals surface area contributed by atoms with Crippen LogP contribution in [0.25, 0.3) is 11.4 Å². The highest BCUT2D eigenvalue weighted by molar-refractivity contribution is 6.04. The summed E-state index contributed by atoms with van der Waals surface area (Å²) in [4.78, 5) is 21.8. The summed E-state index contributed by atoms with van der Waals surface area (Å²) in [6.45, 7) is 2.83. The Balaban J connectivity index is 1.94. The predicted octanol–water partition coefficient (Wildman–Crippen LogP) is 4.23. The Bertz CT molecular complexity index is 913. The lowest BCUT2D eigenvalue weighted by molar-refractivity contribution is 0.102. The molecule has 6 nitrogen and oxygen atoms in total. The Morgan fingerprint density at radius 2 is 1.78 bits per heavy atom. The summed E-state index contributed by atoms with van der Waals surface area (Å²) in [6.07, 6.45) is 0.952. The van der Waals surface area contributed by atoms with Crippen LogP contribution in [0.4, 0.5) is 11.5 Å².